The number of amides is 1. The molecule has 0 radical (unpaired) electrons. The van der Waals surface area contributed by atoms with Crippen molar-refractivity contribution in [1.29, 1.82) is 0 Å². The van der Waals surface area contributed by atoms with Crippen LogP contribution in [0.15, 0.2) is 73.3 Å². The van der Waals surface area contributed by atoms with Crippen molar-refractivity contribution in [3.05, 3.63) is 101 Å². The maximum absolute atomic E-state index is 12.9. The SMILES string of the molecule is Cc1cc(C(=O)NCc2ccccc2Cn2cccn2)c(C)n1-c1cccnc1. The van der Waals surface area contributed by atoms with Crippen LogP contribution in [0.5, 0.6) is 0 Å². The molecule has 1 aromatic carbocycles. The molecule has 1 amide bonds. The maximum Gasteiger partial charge on any atom is 0.253 e. The van der Waals surface area contributed by atoms with Crippen molar-refractivity contribution in [1.82, 2.24) is 24.6 Å². The van der Waals surface area contributed by atoms with E-state index >= 15 is 0 Å². The van der Waals surface area contributed by atoms with Crippen LogP contribution in [-0.2, 0) is 13.1 Å². The first-order chi connectivity index (χ1) is 14.1. The quantitative estimate of drug-likeness (QED) is 0.551. The highest BCUT2D eigenvalue weighted by Gasteiger charge is 2.17. The molecule has 0 bridgehead atoms. The highest BCUT2D eigenvalue weighted by Crippen LogP contribution is 2.20. The zero-order chi connectivity index (χ0) is 20.2. The number of carbonyl (C=O) groups excluding carboxylic acids is 1. The fourth-order valence-electron chi connectivity index (χ4n) is 3.60. The predicted molar refractivity (Wildman–Crippen MR) is 112 cm³/mol. The van der Waals surface area contributed by atoms with Gasteiger partial charge in [-0.2, -0.15) is 5.10 Å². The molecule has 0 aliphatic rings. The third-order valence-electron chi connectivity index (χ3n) is 5.03. The Balaban J connectivity index is 1.52. The Morgan fingerprint density at radius 3 is 2.59 bits per heavy atom. The zero-order valence-corrected chi connectivity index (χ0v) is 16.5. The lowest BCUT2D eigenvalue weighted by atomic mass is 10.1. The fraction of sp³-hybridized carbons (Fsp3) is 0.174. The maximum atomic E-state index is 12.9. The molecular formula is C23H23N5O. The first kappa shape index (κ1) is 18.7. The van der Waals surface area contributed by atoms with E-state index in [0.717, 1.165) is 28.2 Å². The molecule has 0 saturated heterocycles. The first-order valence-corrected chi connectivity index (χ1v) is 9.55. The monoisotopic (exact) mass is 385 g/mol. The summed E-state index contributed by atoms with van der Waals surface area (Å²) in [6, 6.07) is 15.8. The number of carbonyl (C=O) groups is 1. The van der Waals surface area contributed by atoms with Gasteiger partial charge in [-0.3, -0.25) is 14.5 Å². The van der Waals surface area contributed by atoms with Gasteiger partial charge in [0.25, 0.3) is 5.91 Å². The predicted octanol–water partition coefficient (Wildman–Crippen LogP) is 3.66. The topological polar surface area (TPSA) is 64.7 Å². The summed E-state index contributed by atoms with van der Waals surface area (Å²) >= 11 is 0. The van der Waals surface area contributed by atoms with E-state index in [1.165, 1.54) is 0 Å². The van der Waals surface area contributed by atoms with Crippen molar-refractivity contribution in [2.24, 2.45) is 0 Å². The summed E-state index contributed by atoms with van der Waals surface area (Å²) in [5, 5.41) is 7.34. The standard InChI is InChI=1S/C23H23N5O/c1-17-13-22(18(2)28(17)21-9-5-10-24-15-21)23(29)25-14-19-7-3-4-8-20(19)16-27-12-6-11-26-27/h3-13,15H,14,16H2,1-2H3,(H,25,29). The van der Waals surface area contributed by atoms with E-state index in [9.17, 15) is 4.79 Å². The van der Waals surface area contributed by atoms with E-state index in [2.05, 4.69) is 21.5 Å². The molecule has 1 N–H and O–H groups in total. The number of hydrogen-bond acceptors (Lipinski definition) is 3. The summed E-state index contributed by atoms with van der Waals surface area (Å²) in [5.41, 5.74) is 5.74. The van der Waals surface area contributed by atoms with E-state index in [1.54, 1.807) is 18.6 Å². The molecule has 6 nitrogen and oxygen atoms in total. The Bertz CT molecular complexity index is 1110. The molecule has 0 aliphatic heterocycles. The van der Waals surface area contributed by atoms with Crippen LogP contribution in [-0.4, -0.2) is 25.2 Å². The van der Waals surface area contributed by atoms with Crippen molar-refractivity contribution < 1.29 is 4.79 Å². The summed E-state index contributed by atoms with van der Waals surface area (Å²) in [5.74, 6) is -0.0814. The molecule has 3 aromatic heterocycles. The highest BCUT2D eigenvalue weighted by atomic mass is 16.1. The molecule has 146 valence electrons. The van der Waals surface area contributed by atoms with E-state index in [-0.39, 0.29) is 5.91 Å². The third kappa shape index (κ3) is 3.96. The number of rotatable bonds is 6. The molecular weight excluding hydrogens is 362 g/mol. The Labute approximate surface area is 169 Å². The molecule has 0 fully saturated rings. The number of aryl methyl sites for hydroxylation is 1. The average molecular weight is 385 g/mol. The highest BCUT2D eigenvalue weighted by molar-refractivity contribution is 5.95. The van der Waals surface area contributed by atoms with E-state index in [1.807, 2.05) is 71.8 Å². The van der Waals surface area contributed by atoms with Crippen LogP contribution in [0.3, 0.4) is 0 Å². The van der Waals surface area contributed by atoms with Gasteiger partial charge in [-0.25, -0.2) is 0 Å². The van der Waals surface area contributed by atoms with Crippen molar-refractivity contribution in [2.45, 2.75) is 26.9 Å². The number of nitrogens with zero attached hydrogens (tertiary/aromatic N) is 4. The van der Waals surface area contributed by atoms with Gasteiger partial charge in [-0.15, -0.1) is 0 Å². The second kappa shape index (κ2) is 8.14. The largest absolute Gasteiger partial charge is 0.348 e. The molecule has 4 aromatic rings. The van der Waals surface area contributed by atoms with Gasteiger partial charge in [0, 0.05) is 36.5 Å². The molecule has 29 heavy (non-hydrogen) atoms. The molecule has 0 saturated carbocycles. The van der Waals surface area contributed by atoms with Crippen molar-refractivity contribution in [3.8, 4) is 5.69 Å². The summed E-state index contributed by atoms with van der Waals surface area (Å²) in [4.78, 5) is 17.1. The lowest BCUT2D eigenvalue weighted by Crippen LogP contribution is -2.24. The van der Waals surface area contributed by atoms with Crippen LogP contribution in [0.2, 0.25) is 0 Å². The van der Waals surface area contributed by atoms with E-state index < -0.39 is 0 Å². The van der Waals surface area contributed by atoms with Crippen molar-refractivity contribution in [2.75, 3.05) is 0 Å². The smallest absolute Gasteiger partial charge is 0.253 e. The first-order valence-electron chi connectivity index (χ1n) is 9.55. The Morgan fingerprint density at radius 1 is 1.03 bits per heavy atom. The fourth-order valence-corrected chi connectivity index (χ4v) is 3.60. The van der Waals surface area contributed by atoms with E-state index in [4.69, 9.17) is 0 Å². The molecule has 6 heteroatoms. The molecule has 3 heterocycles. The van der Waals surface area contributed by atoms with Crippen LogP contribution in [0.1, 0.15) is 32.9 Å². The van der Waals surface area contributed by atoms with Gasteiger partial charge < -0.3 is 9.88 Å². The lowest BCUT2D eigenvalue weighted by Gasteiger charge is -2.12. The minimum atomic E-state index is -0.0814. The normalized spacial score (nSPS) is 10.8. The van der Waals surface area contributed by atoms with Crippen LogP contribution >= 0.6 is 0 Å². The Morgan fingerprint density at radius 2 is 1.86 bits per heavy atom. The van der Waals surface area contributed by atoms with Crippen LogP contribution < -0.4 is 5.32 Å². The molecule has 0 atom stereocenters. The van der Waals surface area contributed by atoms with Gasteiger partial charge in [0.2, 0.25) is 0 Å². The second-order valence-corrected chi connectivity index (χ2v) is 6.99. The molecule has 0 unspecified atom stereocenters. The van der Waals surface area contributed by atoms with Crippen LogP contribution in [0.25, 0.3) is 5.69 Å². The number of hydrogen-bond donors (Lipinski definition) is 1. The van der Waals surface area contributed by atoms with Crippen molar-refractivity contribution >= 4 is 5.91 Å². The summed E-state index contributed by atoms with van der Waals surface area (Å²) < 4.78 is 3.93. The molecule has 4 rings (SSSR count). The van der Waals surface area contributed by atoms with Gasteiger partial charge >= 0.3 is 0 Å². The van der Waals surface area contributed by atoms with E-state index in [0.29, 0.717) is 18.7 Å². The van der Waals surface area contributed by atoms with Gasteiger partial charge in [0.05, 0.1) is 24.0 Å². The summed E-state index contributed by atoms with van der Waals surface area (Å²) in [6.45, 7) is 5.10. The van der Waals surface area contributed by atoms with Gasteiger partial charge in [-0.1, -0.05) is 24.3 Å². The third-order valence-corrected chi connectivity index (χ3v) is 5.03. The van der Waals surface area contributed by atoms with Crippen LogP contribution in [0.4, 0.5) is 0 Å². The number of benzene rings is 1. The molecule has 0 aliphatic carbocycles. The van der Waals surface area contributed by atoms with Crippen LogP contribution in [0, 0.1) is 13.8 Å². The zero-order valence-electron chi connectivity index (χ0n) is 16.5. The number of pyridine rings is 1. The number of nitrogens with one attached hydrogen (secondary N) is 1. The summed E-state index contributed by atoms with van der Waals surface area (Å²) in [6.07, 6.45) is 7.24. The average Bonchev–Trinajstić information content (AvgIpc) is 3.35. The Kier molecular flexibility index (Phi) is 5.24. The summed E-state index contributed by atoms with van der Waals surface area (Å²) in [7, 11) is 0. The number of aromatic nitrogens is 4. The minimum Gasteiger partial charge on any atom is -0.348 e. The van der Waals surface area contributed by atoms with Gasteiger partial charge in [0.15, 0.2) is 0 Å². The second-order valence-electron chi connectivity index (χ2n) is 6.99. The lowest BCUT2D eigenvalue weighted by molar-refractivity contribution is 0.0950. The Hall–Kier alpha value is -3.67. The van der Waals surface area contributed by atoms with Crippen molar-refractivity contribution in [3.63, 3.8) is 0 Å². The van der Waals surface area contributed by atoms with Gasteiger partial charge in [-0.05, 0) is 49.2 Å². The van der Waals surface area contributed by atoms with Gasteiger partial charge in [0.1, 0.15) is 0 Å². The minimum absolute atomic E-state index is 0.0814. The molecule has 0 spiro atoms.